The lowest BCUT2D eigenvalue weighted by Crippen LogP contribution is -2.35. The Hall–Kier alpha value is -2.24. The molecule has 1 aliphatic heterocycles. The molecule has 0 saturated carbocycles. The fourth-order valence-corrected chi connectivity index (χ4v) is 7.14. The van der Waals surface area contributed by atoms with E-state index in [0.29, 0.717) is 0 Å². The van der Waals surface area contributed by atoms with E-state index in [2.05, 4.69) is 90.1 Å². The number of hydrogen-bond acceptors (Lipinski definition) is 3. The number of thiazole rings is 1. The van der Waals surface area contributed by atoms with Gasteiger partial charge in [-0.25, -0.2) is 0 Å². The summed E-state index contributed by atoms with van der Waals surface area (Å²) in [6, 6.07) is 23.2. The van der Waals surface area contributed by atoms with Gasteiger partial charge in [0.15, 0.2) is 6.54 Å². The number of fused-ring (bicyclic) bond motifs is 2. The summed E-state index contributed by atoms with van der Waals surface area (Å²) in [5.41, 5.74) is 4.82. The summed E-state index contributed by atoms with van der Waals surface area (Å²) in [7, 11) is 0. The van der Waals surface area contributed by atoms with E-state index in [0.717, 1.165) is 48.8 Å². The predicted molar refractivity (Wildman–Crippen MR) is 164 cm³/mol. The van der Waals surface area contributed by atoms with Gasteiger partial charge in [0, 0.05) is 40.0 Å². The Morgan fingerprint density at radius 3 is 2.46 bits per heavy atom. The van der Waals surface area contributed by atoms with Crippen molar-refractivity contribution in [1.82, 2.24) is 0 Å². The average Bonchev–Trinajstić information content (AvgIpc) is 3.42. The fraction of sp³-hybridized carbons (Fsp3) is 0.258. The van der Waals surface area contributed by atoms with Crippen LogP contribution in [-0.2, 0) is 6.54 Å². The van der Waals surface area contributed by atoms with Crippen molar-refractivity contribution < 1.29 is 4.57 Å². The third kappa shape index (κ3) is 5.93. The van der Waals surface area contributed by atoms with Crippen LogP contribution in [0, 0.1) is 0 Å². The maximum atomic E-state index is 6.41. The van der Waals surface area contributed by atoms with Gasteiger partial charge in [0.2, 0.25) is 5.52 Å². The number of halogens is 2. The Morgan fingerprint density at radius 2 is 1.68 bits per heavy atom. The zero-order valence-corrected chi connectivity index (χ0v) is 24.4. The van der Waals surface area contributed by atoms with Gasteiger partial charge in [-0.3, -0.25) is 0 Å². The molecule has 4 aromatic rings. The van der Waals surface area contributed by atoms with Crippen LogP contribution in [0.15, 0.2) is 82.7 Å². The molecular formula is C31H31Cl2N2S2+. The largest absolute Gasteiger partial charge is 0.335 e. The number of aromatic nitrogens is 1. The number of hydrogen-bond donors (Lipinski definition) is 0. The number of benzene rings is 3. The molecule has 2 nitrogen and oxygen atoms in total. The number of unbranched alkanes of at least 4 members (excludes halogenated alkanes) is 2. The van der Waals surface area contributed by atoms with Crippen molar-refractivity contribution in [2.24, 2.45) is 0 Å². The summed E-state index contributed by atoms with van der Waals surface area (Å²) < 4.78 is 3.69. The Bertz CT molecular complexity index is 1460. The zero-order chi connectivity index (χ0) is 25.8. The minimum Gasteiger partial charge on any atom is -0.335 e. The standard InChI is InChI=1S/C31H31Cl2N2S2/c1-3-5-16-34-26-20-24(32)12-14-28(26)36-30(34)18-23(22-10-8-7-9-11-22)19-31-35(17-6-4-2)27-21-25(33)13-15-29(27)37-31/h7-15,18-21H,3-6,16-17H2,1-2H3/q+1. The molecule has 0 spiro atoms. The van der Waals surface area contributed by atoms with Gasteiger partial charge < -0.3 is 4.90 Å². The van der Waals surface area contributed by atoms with Gasteiger partial charge >= 0.3 is 0 Å². The Kier molecular flexibility index (Phi) is 8.61. The highest BCUT2D eigenvalue weighted by Gasteiger charge is 2.26. The lowest BCUT2D eigenvalue weighted by molar-refractivity contribution is -0.669. The SMILES string of the molecule is CCCCN1/C(=C/C(=C/c2sc3ccc(Cl)cc3[n+]2CCCC)c2ccccc2)Sc2ccc(Cl)cc21. The summed E-state index contributed by atoms with van der Waals surface area (Å²) in [5, 5.41) is 4.04. The molecule has 0 radical (unpaired) electrons. The van der Waals surface area contributed by atoms with E-state index in [1.54, 1.807) is 0 Å². The first kappa shape index (κ1) is 26.4. The molecule has 0 saturated heterocycles. The van der Waals surface area contributed by atoms with Gasteiger partial charge in [0.1, 0.15) is 4.70 Å². The molecule has 0 bridgehead atoms. The van der Waals surface area contributed by atoms with E-state index in [1.807, 2.05) is 35.2 Å². The van der Waals surface area contributed by atoms with E-state index < -0.39 is 0 Å². The van der Waals surface area contributed by atoms with E-state index in [1.165, 1.54) is 42.0 Å². The molecule has 1 aliphatic rings. The summed E-state index contributed by atoms with van der Waals surface area (Å²) in [5.74, 6) is 0. The molecule has 0 N–H and O–H groups in total. The maximum Gasteiger partial charge on any atom is 0.263 e. The fourth-order valence-electron chi connectivity index (χ4n) is 4.56. The highest BCUT2D eigenvalue weighted by Crippen LogP contribution is 2.48. The molecular weight excluding hydrogens is 535 g/mol. The van der Waals surface area contributed by atoms with Crippen molar-refractivity contribution in [3.8, 4) is 0 Å². The molecule has 0 aliphatic carbocycles. The normalized spacial score (nSPS) is 14.6. The van der Waals surface area contributed by atoms with Gasteiger partial charge in [0.25, 0.3) is 5.01 Å². The van der Waals surface area contributed by atoms with Crippen LogP contribution in [-0.4, -0.2) is 6.54 Å². The first-order valence-corrected chi connectivity index (χ1v) is 15.3. The molecule has 190 valence electrons. The molecule has 6 heteroatoms. The molecule has 0 unspecified atom stereocenters. The van der Waals surface area contributed by atoms with Crippen molar-refractivity contribution >= 4 is 73.9 Å². The van der Waals surface area contributed by atoms with Crippen LogP contribution in [0.5, 0.6) is 0 Å². The van der Waals surface area contributed by atoms with E-state index >= 15 is 0 Å². The number of allylic oxidation sites excluding steroid dienone is 2. The number of anilines is 1. The smallest absolute Gasteiger partial charge is 0.263 e. The average molecular weight is 567 g/mol. The summed E-state index contributed by atoms with van der Waals surface area (Å²) in [6.45, 7) is 6.43. The highest BCUT2D eigenvalue weighted by molar-refractivity contribution is 8.03. The topological polar surface area (TPSA) is 7.12 Å². The number of rotatable bonds is 9. The van der Waals surface area contributed by atoms with E-state index in [-0.39, 0.29) is 0 Å². The van der Waals surface area contributed by atoms with Gasteiger partial charge in [-0.05, 0) is 54.0 Å². The number of thioether (sulfide) groups is 1. The van der Waals surface area contributed by atoms with Crippen LogP contribution in [0.3, 0.4) is 0 Å². The second kappa shape index (κ2) is 12.1. The number of nitrogens with zero attached hydrogens (tertiary/aromatic N) is 2. The minimum atomic E-state index is 0.779. The van der Waals surface area contributed by atoms with Crippen LogP contribution < -0.4 is 9.47 Å². The third-order valence-corrected chi connectivity index (χ3v) is 9.22. The van der Waals surface area contributed by atoms with Gasteiger partial charge in [-0.15, -0.1) is 0 Å². The summed E-state index contributed by atoms with van der Waals surface area (Å²) >= 11 is 16.5. The lowest BCUT2D eigenvalue weighted by atomic mass is 10.1. The van der Waals surface area contributed by atoms with Crippen LogP contribution in [0.25, 0.3) is 21.9 Å². The van der Waals surface area contributed by atoms with Gasteiger partial charge in [-0.1, -0.05) is 103 Å². The second-order valence-corrected chi connectivity index (χ2v) is 12.2. The summed E-state index contributed by atoms with van der Waals surface area (Å²) in [6.07, 6.45) is 9.25. The first-order chi connectivity index (χ1) is 18.1. The van der Waals surface area contributed by atoms with Gasteiger partial charge in [0.05, 0.1) is 10.7 Å². The Balaban J connectivity index is 1.65. The quantitative estimate of drug-likeness (QED) is 0.186. The monoisotopic (exact) mass is 565 g/mol. The highest BCUT2D eigenvalue weighted by atomic mass is 35.5. The predicted octanol–water partition coefficient (Wildman–Crippen LogP) is 10.1. The Labute approximate surface area is 238 Å². The molecule has 0 amide bonds. The Morgan fingerprint density at radius 1 is 0.919 bits per heavy atom. The van der Waals surface area contributed by atoms with Crippen molar-refractivity contribution in [2.75, 3.05) is 11.4 Å². The molecule has 0 atom stereocenters. The van der Waals surface area contributed by atoms with E-state index in [9.17, 15) is 0 Å². The second-order valence-electron chi connectivity index (χ2n) is 9.23. The van der Waals surface area contributed by atoms with Crippen LogP contribution in [0.2, 0.25) is 10.0 Å². The first-order valence-electron chi connectivity index (χ1n) is 12.9. The minimum absolute atomic E-state index is 0.779. The molecule has 5 rings (SSSR count). The van der Waals surface area contributed by atoms with Crippen molar-refractivity contribution in [3.05, 3.63) is 98.5 Å². The van der Waals surface area contributed by atoms with Crippen molar-refractivity contribution in [2.45, 2.75) is 51.0 Å². The molecule has 1 aromatic heterocycles. The number of aryl methyl sites for hydroxylation is 1. The third-order valence-electron chi connectivity index (χ3n) is 6.52. The van der Waals surface area contributed by atoms with Crippen molar-refractivity contribution in [3.63, 3.8) is 0 Å². The van der Waals surface area contributed by atoms with Crippen LogP contribution in [0.4, 0.5) is 5.69 Å². The molecule has 2 heterocycles. The maximum absolute atomic E-state index is 6.41. The van der Waals surface area contributed by atoms with Gasteiger partial charge in [-0.2, -0.15) is 4.57 Å². The molecule has 0 fully saturated rings. The molecule has 3 aromatic carbocycles. The van der Waals surface area contributed by atoms with E-state index in [4.69, 9.17) is 23.2 Å². The van der Waals surface area contributed by atoms with Crippen LogP contribution >= 0.6 is 46.3 Å². The lowest BCUT2D eigenvalue weighted by Gasteiger charge is -2.21. The van der Waals surface area contributed by atoms with Crippen LogP contribution in [0.1, 0.15) is 50.1 Å². The zero-order valence-electron chi connectivity index (χ0n) is 21.2. The summed E-state index contributed by atoms with van der Waals surface area (Å²) in [4.78, 5) is 3.69. The molecule has 37 heavy (non-hydrogen) atoms. The van der Waals surface area contributed by atoms with Crippen molar-refractivity contribution in [1.29, 1.82) is 0 Å².